The predicted molar refractivity (Wildman–Crippen MR) is 244 cm³/mol. The maximum atomic E-state index is 7.87. The Hall–Kier alpha value is -6.44. The van der Waals surface area contributed by atoms with Gasteiger partial charge in [0.25, 0.3) is 0 Å². The van der Waals surface area contributed by atoms with Crippen molar-refractivity contribution in [2.45, 2.75) is 57.7 Å². The van der Waals surface area contributed by atoms with Gasteiger partial charge >= 0.3 is 0 Å². The molecule has 1 nitrogen and oxygen atoms in total. The number of nitrogens with zero attached hydrogens (tertiary/aromatic N) is 1. The summed E-state index contributed by atoms with van der Waals surface area (Å²) in [7, 11) is 0. The molecule has 8 aromatic rings. The van der Waals surface area contributed by atoms with Gasteiger partial charge in [-0.15, -0.1) is 0 Å². The highest BCUT2D eigenvalue weighted by Crippen LogP contribution is 2.64. The molecule has 1 heteroatoms. The molecule has 0 heterocycles. The minimum atomic E-state index is -2.14. The molecule has 3 aliphatic rings. The van der Waals surface area contributed by atoms with E-state index in [0.29, 0.717) is 5.56 Å². The first-order chi connectivity index (χ1) is 29.3. The average molecular weight is 749 g/mol. The summed E-state index contributed by atoms with van der Waals surface area (Å²) >= 11 is 0. The van der Waals surface area contributed by atoms with E-state index in [0.717, 1.165) is 28.2 Å². The van der Waals surface area contributed by atoms with Gasteiger partial charge in [0.1, 0.15) is 0 Å². The largest absolute Gasteiger partial charge is 0.310 e. The fourth-order valence-corrected chi connectivity index (χ4v) is 10.5. The summed E-state index contributed by atoms with van der Waals surface area (Å²) in [4.78, 5) is 2.42. The minimum absolute atomic E-state index is 0.0188. The van der Waals surface area contributed by atoms with Crippen LogP contribution < -0.4 is 4.90 Å². The van der Waals surface area contributed by atoms with E-state index in [1.807, 2.05) is 12.1 Å². The van der Waals surface area contributed by atoms with Crippen molar-refractivity contribution in [3.8, 4) is 44.5 Å². The van der Waals surface area contributed by atoms with Crippen LogP contribution in [0, 0.1) is 6.85 Å². The van der Waals surface area contributed by atoms with Gasteiger partial charge in [0, 0.05) is 26.6 Å². The molecule has 8 aromatic carbocycles. The lowest BCUT2D eigenvalue weighted by Crippen LogP contribution is -2.27. The first-order valence-electron chi connectivity index (χ1n) is 22.0. The number of fused-ring (bicyclic) bond motifs is 13. The Morgan fingerprint density at radius 3 is 1.50 bits per heavy atom. The van der Waals surface area contributed by atoms with Crippen molar-refractivity contribution >= 4 is 17.1 Å². The van der Waals surface area contributed by atoms with Crippen LogP contribution in [0.2, 0.25) is 0 Å². The van der Waals surface area contributed by atoms with Crippen molar-refractivity contribution in [1.29, 1.82) is 0 Å². The van der Waals surface area contributed by atoms with Gasteiger partial charge in [-0.25, -0.2) is 0 Å². The number of benzene rings is 8. The summed E-state index contributed by atoms with van der Waals surface area (Å²) in [5.41, 5.74) is 22.0. The molecular weight excluding hydrogens is 699 g/mol. The molecule has 3 aliphatic carbocycles. The van der Waals surface area contributed by atoms with E-state index >= 15 is 0 Å². The molecule has 0 N–H and O–H groups in total. The minimum Gasteiger partial charge on any atom is -0.310 e. The molecule has 1 spiro atoms. The number of hydrogen-bond acceptors (Lipinski definition) is 1. The van der Waals surface area contributed by atoms with Crippen LogP contribution in [0.15, 0.2) is 176 Å². The van der Waals surface area contributed by atoms with Gasteiger partial charge in [-0.2, -0.15) is 0 Å². The monoisotopic (exact) mass is 748 g/mol. The second-order valence-electron chi connectivity index (χ2n) is 17.9. The topological polar surface area (TPSA) is 3.24 Å². The lowest BCUT2D eigenvalue weighted by atomic mass is 9.69. The van der Waals surface area contributed by atoms with Crippen molar-refractivity contribution in [3.05, 3.63) is 220 Å². The summed E-state index contributed by atoms with van der Waals surface area (Å²) in [6, 6.07) is 64.2. The highest BCUT2D eigenvalue weighted by molar-refractivity contribution is 5.97. The second-order valence-corrected chi connectivity index (χ2v) is 17.9. The number of aryl methyl sites for hydroxylation is 1. The first kappa shape index (κ1) is 31.6. The zero-order chi connectivity index (χ0) is 42.1. The molecule has 0 saturated heterocycles. The molecule has 1 atom stereocenters. The Balaban J connectivity index is 1.14. The third-order valence-corrected chi connectivity index (χ3v) is 13.4. The van der Waals surface area contributed by atoms with Crippen LogP contribution in [0.4, 0.5) is 17.1 Å². The van der Waals surface area contributed by atoms with Gasteiger partial charge in [-0.3, -0.25) is 0 Å². The number of anilines is 3. The van der Waals surface area contributed by atoms with Crippen LogP contribution in [0.1, 0.15) is 83.2 Å². The predicted octanol–water partition coefficient (Wildman–Crippen LogP) is 15.1. The van der Waals surface area contributed by atoms with Gasteiger partial charge in [-0.05, 0) is 132 Å². The maximum Gasteiger partial charge on any atom is 0.0726 e. The van der Waals surface area contributed by atoms with Gasteiger partial charge in [-0.1, -0.05) is 180 Å². The lowest BCUT2D eigenvalue weighted by Gasteiger charge is -2.33. The van der Waals surface area contributed by atoms with E-state index in [1.54, 1.807) is 12.1 Å². The SMILES string of the molecule is [2H]C([2H])([2H])c1ccc(-c2ccc(N(c3ccc4c(c3)-c3ccccc3C4(C)C)c3ccc4c(c3)C3(c5ccccc5-4)c4ccccc4-c4ccc(C(C)(C)C)cc43)cc2)cc1. The molecule has 11 rings (SSSR count). The maximum absolute atomic E-state index is 7.87. The Bertz CT molecular complexity index is 3060. The van der Waals surface area contributed by atoms with Gasteiger partial charge in [0.05, 0.1) is 5.41 Å². The quantitative estimate of drug-likeness (QED) is 0.173. The Labute approximate surface area is 347 Å². The van der Waals surface area contributed by atoms with Crippen LogP contribution in [-0.4, -0.2) is 0 Å². The Morgan fingerprint density at radius 2 is 0.879 bits per heavy atom. The summed E-state index contributed by atoms with van der Waals surface area (Å²) in [6.07, 6.45) is 0. The zero-order valence-corrected chi connectivity index (χ0v) is 33.7. The van der Waals surface area contributed by atoms with Crippen LogP contribution >= 0.6 is 0 Å². The first-order valence-corrected chi connectivity index (χ1v) is 20.5. The summed E-state index contributed by atoms with van der Waals surface area (Å²) < 4.78 is 23.6. The summed E-state index contributed by atoms with van der Waals surface area (Å²) in [5.74, 6) is 0. The van der Waals surface area contributed by atoms with E-state index in [1.165, 1.54) is 72.3 Å². The fraction of sp³-hybridized carbons (Fsp3) is 0.158. The smallest absolute Gasteiger partial charge is 0.0726 e. The van der Waals surface area contributed by atoms with E-state index in [9.17, 15) is 0 Å². The van der Waals surface area contributed by atoms with Crippen LogP contribution in [0.5, 0.6) is 0 Å². The van der Waals surface area contributed by atoms with Crippen molar-refractivity contribution < 1.29 is 4.11 Å². The molecule has 0 radical (unpaired) electrons. The molecule has 0 aliphatic heterocycles. The van der Waals surface area contributed by atoms with Crippen molar-refractivity contribution in [1.82, 2.24) is 0 Å². The van der Waals surface area contributed by atoms with Gasteiger partial charge in [0.15, 0.2) is 0 Å². The lowest BCUT2D eigenvalue weighted by molar-refractivity contribution is 0.588. The second kappa shape index (κ2) is 12.3. The van der Waals surface area contributed by atoms with Crippen molar-refractivity contribution in [2.75, 3.05) is 4.90 Å². The highest BCUT2D eigenvalue weighted by Gasteiger charge is 2.52. The molecule has 0 fully saturated rings. The standard InChI is InChI=1S/C57H47N/c1-36-19-21-37(22-20-36)38-23-26-40(27-24-38)58(41-29-32-50-48(34-41)45-15-7-10-16-49(45)56(50,5)6)42-28-31-47-44-14-9-12-18-52(44)57(54(47)35-42)51-17-11-8-13-43(51)46-30-25-39(33-53(46)57)55(2,3)4/h7-35H,1-6H3/i1D3. The van der Waals surface area contributed by atoms with Gasteiger partial charge < -0.3 is 4.90 Å². The van der Waals surface area contributed by atoms with Crippen LogP contribution in [0.25, 0.3) is 44.5 Å². The molecule has 58 heavy (non-hydrogen) atoms. The third kappa shape index (κ3) is 4.83. The highest BCUT2D eigenvalue weighted by atomic mass is 15.1. The molecule has 1 unspecified atom stereocenters. The Morgan fingerprint density at radius 1 is 0.414 bits per heavy atom. The van der Waals surface area contributed by atoms with Crippen LogP contribution in [-0.2, 0) is 16.2 Å². The molecule has 0 bridgehead atoms. The fourth-order valence-electron chi connectivity index (χ4n) is 10.5. The normalized spacial score (nSPS) is 17.3. The third-order valence-electron chi connectivity index (χ3n) is 13.4. The van der Waals surface area contributed by atoms with Gasteiger partial charge in [0.2, 0.25) is 0 Å². The zero-order valence-electron chi connectivity index (χ0n) is 36.7. The van der Waals surface area contributed by atoms with Crippen molar-refractivity contribution in [3.63, 3.8) is 0 Å². The van der Waals surface area contributed by atoms with E-state index in [-0.39, 0.29) is 10.8 Å². The molecule has 0 aromatic heterocycles. The number of hydrogen-bond donors (Lipinski definition) is 0. The molecule has 0 amide bonds. The van der Waals surface area contributed by atoms with Crippen LogP contribution in [0.3, 0.4) is 0 Å². The van der Waals surface area contributed by atoms with Crippen molar-refractivity contribution in [2.24, 2.45) is 0 Å². The summed E-state index contributed by atoms with van der Waals surface area (Å²) in [5, 5.41) is 0. The number of rotatable bonds is 4. The van der Waals surface area contributed by atoms with E-state index in [4.69, 9.17) is 4.11 Å². The molecule has 280 valence electrons. The van der Waals surface area contributed by atoms with E-state index in [2.05, 4.69) is 191 Å². The molecular formula is C57H47N. The molecule has 0 saturated carbocycles. The Kier molecular flexibility index (Phi) is 6.70. The summed E-state index contributed by atoms with van der Waals surface area (Å²) in [6.45, 7) is 9.45. The average Bonchev–Trinajstić information content (AvgIpc) is 3.81. The van der Waals surface area contributed by atoms with E-state index < -0.39 is 12.3 Å².